The quantitative estimate of drug-likeness (QED) is 0.732. The summed E-state index contributed by atoms with van der Waals surface area (Å²) in [4.78, 5) is 14.8. The summed E-state index contributed by atoms with van der Waals surface area (Å²) in [5, 5.41) is 3.80. The monoisotopic (exact) mass is 200 g/mol. The van der Waals surface area contributed by atoms with E-state index >= 15 is 0 Å². The largest absolute Gasteiger partial charge is 0.361 e. The molecule has 0 aliphatic rings. The van der Waals surface area contributed by atoms with Crippen LogP contribution in [0.3, 0.4) is 0 Å². The summed E-state index contributed by atoms with van der Waals surface area (Å²) in [5.41, 5.74) is 1.54. The van der Waals surface area contributed by atoms with Crippen LogP contribution in [-0.2, 0) is 0 Å². The number of aromatic amines is 1. The molecule has 1 amide bonds. The van der Waals surface area contributed by atoms with Gasteiger partial charge in [-0.25, -0.2) is 0 Å². The maximum Gasteiger partial charge on any atom is 0.253 e. The van der Waals surface area contributed by atoms with E-state index in [-0.39, 0.29) is 5.91 Å². The third-order valence-electron chi connectivity index (χ3n) is 2.24. The lowest BCUT2D eigenvalue weighted by atomic mass is 10.1. The summed E-state index contributed by atoms with van der Waals surface area (Å²) in [5.74, 6) is -0.0806. The van der Waals surface area contributed by atoms with Gasteiger partial charge in [-0.2, -0.15) is 0 Å². The van der Waals surface area contributed by atoms with Crippen molar-refractivity contribution in [2.24, 2.45) is 0 Å². The molecule has 0 unspecified atom stereocenters. The van der Waals surface area contributed by atoms with Gasteiger partial charge in [0.05, 0.1) is 11.1 Å². The van der Waals surface area contributed by atoms with Gasteiger partial charge in [-0.3, -0.25) is 4.79 Å². The number of nitrogens with one attached hydrogen (secondary N) is 2. The third-order valence-corrected chi connectivity index (χ3v) is 2.24. The van der Waals surface area contributed by atoms with Crippen LogP contribution in [0, 0.1) is 0 Å². The van der Waals surface area contributed by atoms with E-state index in [1.165, 1.54) is 0 Å². The van der Waals surface area contributed by atoms with Crippen molar-refractivity contribution in [3.05, 3.63) is 48.7 Å². The molecule has 0 saturated carbocycles. The number of carbonyl (C=O) groups is 1. The van der Waals surface area contributed by atoms with Gasteiger partial charge in [-0.1, -0.05) is 18.2 Å². The molecule has 1 heterocycles. The third kappa shape index (κ3) is 1.76. The lowest BCUT2D eigenvalue weighted by Gasteiger charge is -2.03. The smallest absolute Gasteiger partial charge is 0.253 e. The molecular weight excluding hydrogens is 188 g/mol. The molecule has 1 aromatic heterocycles. The Balaban J connectivity index is 2.38. The van der Waals surface area contributed by atoms with Crippen molar-refractivity contribution in [1.29, 1.82) is 0 Å². The zero-order valence-electron chi connectivity index (χ0n) is 8.29. The van der Waals surface area contributed by atoms with Gasteiger partial charge in [0.1, 0.15) is 0 Å². The number of carbonyl (C=O) groups excluding carboxylic acids is 1. The fourth-order valence-corrected chi connectivity index (χ4v) is 1.53. The van der Waals surface area contributed by atoms with Gasteiger partial charge in [0.25, 0.3) is 5.91 Å². The van der Waals surface area contributed by atoms with Crippen molar-refractivity contribution in [2.45, 2.75) is 0 Å². The molecule has 0 atom stereocenters. The lowest BCUT2D eigenvalue weighted by molar-refractivity contribution is 0.0959. The minimum Gasteiger partial charge on any atom is -0.361 e. The van der Waals surface area contributed by atoms with Gasteiger partial charge in [-0.15, -0.1) is 6.58 Å². The lowest BCUT2D eigenvalue weighted by Crippen LogP contribution is -2.23. The van der Waals surface area contributed by atoms with Gasteiger partial charge in [-0.05, 0) is 12.1 Å². The summed E-state index contributed by atoms with van der Waals surface area (Å²) in [6.45, 7) is 4.04. The van der Waals surface area contributed by atoms with Crippen LogP contribution in [0.4, 0.5) is 0 Å². The first-order valence-electron chi connectivity index (χ1n) is 4.78. The van der Waals surface area contributed by atoms with Crippen molar-refractivity contribution in [3.63, 3.8) is 0 Å². The maximum absolute atomic E-state index is 11.7. The number of benzene rings is 1. The molecule has 3 nitrogen and oxygen atoms in total. The molecule has 0 fully saturated rings. The standard InChI is InChI=1S/C12H12N2O/c1-2-7-14-12(15)10-5-3-4-9-6-8-13-11(9)10/h2-6,8,13H,1,7H2,(H,14,15). The highest BCUT2D eigenvalue weighted by Crippen LogP contribution is 2.16. The molecule has 15 heavy (non-hydrogen) atoms. The highest BCUT2D eigenvalue weighted by Gasteiger charge is 2.08. The summed E-state index contributed by atoms with van der Waals surface area (Å²) >= 11 is 0. The normalized spacial score (nSPS) is 10.1. The van der Waals surface area contributed by atoms with Gasteiger partial charge in [0, 0.05) is 18.1 Å². The minimum atomic E-state index is -0.0806. The number of aromatic nitrogens is 1. The molecule has 76 valence electrons. The van der Waals surface area contributed by atoms with E-state index in [4.69, 9.17) is 0 Å². The second-order valence-electron chi connectivity index (χ2n) is 3.25. The fraction of sp³-hybridized carbons (Fsp3) is 0.0833. The molecule has 0 saturated heterocycles. The van der Waals surface area contributed by atoms with E-state index in [9.17, 15) is 4.79 Å². The Bertz CT molecular complexity index is 499. The molecule has 0 spiro atoms. The zero-order valence-corrected chi connectivity index (χ0v) is 8.29. The molecule has 0 radical (unpaired) electrons. The van der Waals surface area contributed by atoms with E-state index in [1.54, 1.807) is 12.1 Å². The first-order chi connectivity index (χ1) is 7.33. The summed E-state index contributed by atoms with van der Waals surface area (Å²) in [7, 11) is 0. The predicted molar refractivity (Wildman–Crippen MR) is 60.8 cm³/mol. The van der Waals surface area contributed by atoms with Crippen LogP contribution < -0.4 is 5.32 Å². The van der Waals surface area contributed by atoms with E-state index in [2.05, 4.69) is 16.9 Å². The Labute approximate surface area is 87.8 Å². The van der Waals surface area contributed by atoms with Gasteiger partial charge >= 0.3 is 0 Å². The van der Waals surface area contributed by atoms with Crippen LogP contribution in [0.1, 0.15) is 10.4 Å². The highest BCUT2D eigenvalue weighted by atomic mass is 16.1. The second kappa shape index (κ2) is 4.00. The molecule has 0 bridgehead atoms. The van der Waals surface area contributed by atoms with Crippen molar-refractivity contribution in [1.82, 2.24) is 10.3 Å². The number of H-pyrrole nitrogens is 1. The molecular formula is C12H12N2O. The fourth-order valence-electron chi connectivity index (χ4n) is 1.53. The van der Waals surface area contributed by atoms with Crippen molar-refractivity contribution in [3.8, 4) is 0 Å². The zero-order chi connectivity index (χ0) is 10.7. The number of amides is 1. The number of para-hydroxylation sites is 1. The minimum absolute atomic E-state index is 0.0806. The van der Waals surface area contributed by atoms with Crippen LogP contribution in [-0.4, -0.2) is 17.4 Å². The van der Waals surface area contributed by atoms with E-state index in [0.717, 1.165) is 10.9 Å². The van der Waals surface area contributed by atoms with Crippen molar-refractivity contribution < 1.29 is 4.79 Å². The Morgan fingerprint density at radius 3 is 3.13 bits per heavy atom. The van der Waals surface area contributed by atoms with Crippen LogP contribution in [0.15, 0.2) is 43.1 Å². The first kappa shape index (κ1) is 9.52. The van der Waals surface area contributed by atoms with Crippen molar-refractivity contribution >= 4 is 16.8 Å². The van der Waals surface area contributed by atoms with Crippen LogP contribution >= 0.6 is 0 Å². The molecule has 0 aliphatic heterocycles. The molecule has 1 aromatic carbocycles. The Hall–Kier alpha value is -2.03. The topological polar surface area (TPSA) is 44.9 Å². The van der Waals surface area contributed by atoms with Crippen molar-refractivity contribution in [2.75, 3.05) is 6.54 Å². The second-order valence-corrected chi connectivity index (χ2v) is 3.25. The van der Waals surface area contributed by atoms with Crippen LogP contribution in [0.2, 0.25) is 0 Å². The van der Waals surface area contributed by atoms with E-state index in [0.29, 0.717) is 12.1 Å². The van der Waals surface area contributed by atoms with E-state index < -0.39 is 0 Å². The summed E-state index contributed by atoms with van der Waals surface area (Å²) in [6.07, 6.45) is 3.49. The van der Waals surface area contributed by atoms with Gasteiger partial charge in [0.2, 0.25) is 0 Å². The number of rotatable bonds is 3. The molecule has 2 aromatic rings. The van der Waals surface area contributed by atoms with Gasteiger partial charge < -0.3 is 10.3 Å². The van der Waals surface area contributed by atoms with E-state index in [1.807, 2.05) is 24.4 Å². The Morgan fingerprint density at radius 2 is 2.33 bits per heavy atom. The van der Waals surface area contributed by atoms with Crippen LogP contribution in [0.5, 0.6) is 0 Å². The Kier molecular flexibility index (Phi) is 2.54. The number of hydrogen-bond donors (Lipinski definition) is 2. The Morgan fingerprint density at radius 1 is 1.47 bits per heavy atom. The highest BCUT2D eigenvalue weighted by molar-refractivity contribution is 6.05. The van der Waals surface area contributed by atoms with Gasteiger partial charge in [0.15, 0.2) is 0 Å². The summed E-state index contributed by atoms with van der Waals surface area (Å²) in [6, 6.07) is 7.59. The number of hydrogen-bond acceptors (Lipinski definition) is 1. The average molecular weight is 200 g/mol. The summed E-state index contributed by atoms with van der Waals surface area (Å²) < 4.78 is 0. The molecule has 2 rings (SSSR count). The molecule has 0 aliphatic carbocycles. The SMILES string of the molecule is C=CCNC(=O)c1cccc2cc[nH]c12. The number of fused-ring (bicyclic) bond motifs is 1. The molecule has 3 heteroatoms. The first-order valence-corrected chi connectivity index (χ1v) is 4.78. The van der Waals surface area contributed by atoms with Crippen LogP contribution in [0.25, 0.3) is 10.9 Å². The maximum atomic E-state index is 11.7. The molecule has 2 N–H and O–H groups in total. The predicted octanol–water partition coefficient (Wildman–Crippen LogP) is 2.08. The average Bonchev–Trinajstić information content (AvgIpc) is 2.73.